The molecule has 0 aliphatic rings. The SMILES string of the molecule is Cc1ccc2[nH]c(=O)c(CN(Cc3ccc(Cl)cc3)C(=O)c3ccccc3)cc2c1. The zero-order chi connectivity index (χ0) is 21.1. The van der Waals surface area contributed by atoms with Crippen LogP contribution in [0.15, 0.2) is 83.7 Å². The lowest BCUT2D eigenvalue weighted by atomic mass is 10.1. The third-order valence-electron chi connectivity index (χ3n) is 5.03. The number of benzene rings is 3. The minimum Gasteiger partial charge on any atom is -0.330 e. The zero-order valence-electron chi connectivity index (χ0n) is 16.6. The fourth-order valence-electron chi connectivity index (χ4n) is 3.47. The summed E-state index contributed by atoms with van der Waals surface area (Å²) in [5.74, 6) is -0.130. The molecule has 0 bridgehead atoms. The van der Waals surface area contributed by atoms with E-state index in [4.69, 9.17) is 11.6 Å². The molecular weight excluding hydrogens is 396 g/mol. The van der Waals surface area contributed by atoms with Crippen molar-refractivity contribution in [1.82, 2.24) is 9.88 Å². The topological polar surface area (TPSA) is 53.2 Å². The van der Waals surface area contributed by atoms with Crippen LogP contribution in [0.2, 0.25) is 5.02 Å². The van der Waals surface area contributed by atoms with E-state index in [1.54, 1.807) is 29.2 Å². The quantitative estimate of drug-likeness (QED) is 0.478. The van der Waals surface area contributed by atoms with Gasteiger partial charge in [-0.25, -0.2) is 0 Å². The van der Waals surface area contributed by atoms with Gasteiger partial charge >= 0.3 is 0 Å². The lowest BCUT2D eigenvalue weighted by molar-refractivity contribution is 0.0729. The molecule has 1 amide bonds. The number of halogens is 1. The minimum absolute atomic E-state index is 0.130. The molecule has 4 nitrogen and oxygen atoms in total. The van der Waals surface area contributed by atoms with Crippen molar-refractivity contribution >= 4 is 28.4 Å². The van der Waals surface area contributed by atoms with Crippen molar-refractivity contribution in [3.63, 3.8) is 0 Å². The van der Waals surface area contributed by atoms with Crippen molar-refractivity contribution in [2.24, 2.45) is 0 Å². The summed E-state index contributed by atoms with van der Waals surface area (Å²) in [6.45, 7) is 2.59. The van der Waals surface area contributed by atoms with E-state index in [1.165, 1.54) is 0 Å². The fraction of sp³-hybridized carbons (Fsp3) is 0.120. The largest absolute Gasteiger partial charge is 0.330 e. The summed E-state index contributed by atoms with van der Waals surface area (Å²) >= 11 is 6.00. The molecule has 0 fully saturated rings. The van der Waals surface area contributed by atoms with Gasteiger partial charge in [0, 0.05) is 28.2 Å². The number of carbonyl (C=O) groups excluding carboxylic acids is 1. The van der Waals surface area contributed by atoms with E-state index in [1.807, 2.05) is 61.5 Å². The Kier molecular flexibility index (Phi) is 5.68. The Labute approximate surface area is 179 Å². The van der Waals surface area contributed by atoms with E-state index in [9.17, 15) is 9.59 Å². The van der Waals surface area contributed by atoms with Crippen molar-refractivity contribution in [3.8, 4) is 0 Å². The van der Waals surface area contributed by atoms with Crippen LogP contribution in [0.3, 0.4) is 0 Å². The number of aromatic nitrogens is 1. The van der Waals surface area contributed by atoms with Gasteiger partial charge in [0.1, 0.15) is 0 Å². The first-order valence-corrected chi connectivity index (χ1v) is 10.1. The Balaban J connectivity index is 1.71. The maximum absolute atomic E-state index is 13.2. The molecule has 0 aliphatic heterocycles. The molecule has 0 radical (unpaired) electrons. The summed E-state index contributed by atoms with van der Waals surface area (Å²) < 4.78 is 0. The summed E-state index contributed by atoms with van der Waals surface area (Å²) in [7, 11) is 0. The first kappa shape index (κ1) is 19.9. The number of aromatic amines is 1. The highest BCUT2D eigenvalue weighted by atomic mass is 35.5. The molecule has 1 aromatic heterocycles. The van der Waals surface area contributed by atoms with Gasteiger partial charge in [-0.15, -0.1) is 0 Å². The Hall–Kier alpha value is -3.37. The monoisotopic (exact) mass is 416 g/mol. The van der Waals surface area contributed by atoms with Crippen molar-refractivity contribution < 1.29 is 4.79 Å². The minimum atomic E-state index is -0.187. The van der Waals surface area contributed by atoms with E-state index in [0.29, 0.717) is 22.7 Å². The molecule has 30 heavy (non-hydrogen) atoms. The summed E-state index contributed by atoms with van der Waals surface area (Å²) in [5, 5.41) is 1.59. The predicted molar refractivity (Wildman–Crippen MR) is 121 cm³/mol. The number of fused-ring (bicyclic) bond motifs is 1. The Morgan fingerprint density at radius 2 is 1.67 bits per heavy atom. The summed E-state index contributed by atoms with van der Waals surface area (Å²) in [6, 6.07) is 24.2. The number of hydrogen-bond donors (Lipinski definition) is 1. The van der Waals surface area contributed by atoms with Gasteiger partial charge in [0.2, 0.25) is 0 Å². The number of nitrogens with zero attached hydrogens (tertiary/aromatic N) is 1. The molecule has 0 aliphatic carbocycles. The molecule has 0 saturated heterocycles. The highest BCUT2D eigenvalue weighted by Gasteiger charge is 2.18. The maximum atomic E-state index is 13.2. The molecule has 0 atom stereocenters. The van der Waals surface area contributed by atoms with Gasteiger partial charge in [0.15, 0.2) is 0 Å². The van der Waals surface area contributed by atoms with Gasteiger partial charge in [0.25, 0.3) is 11.5 Å². The summed E-state index contributed by atoms with van der Waals surface area (Å²) in [4.78, 5) is 30.6. The van der Waals surface area contributed by atoms with Crippen LogP contribution in [0.1, 0.15) is 27.0 Å². The van der Waals surface area contributed by atoms with Gasteiger partial charge in [-0.1, -0.05) is 53.6 Å². The van der Waals surface area contributed by atoms with Crippen LogP contribution in [-0.2, 0) is 13.1 Å². The number of aryl methyl sites for hydroxylation is 1. The van der Waals surface area contributed by atoms with Crippen LogP contribution >= 0.6 is 11.6 Å². The van der Waals surface area contributed by atoms with Crippen LogP contribution in [0, 0.1) is 6.92 Å². The smallest absolute Gasteiger partial charge is 0.254 e. The number of carbonyl (C=O) groups is 1. The highest BCUT2D eigenvalue weighted by molar-refractivity contribution is 6.30. The second-order valence-electron chi connectivity index (χ2n) is 7.37. The van der Waals surface area contributed by atoms with Crippen molar-refractivity contribution in [2.75, 3.05) is 0 Å². The number of hydrogen-bond acceptors (Lipinski definition) is 2. The van der Waals surface area contributed by atoms with E-state index >= 15 is 0 Å². The van der Waals surface area contributed by atoms with E-state index in [0.717, 1.165) is 22.0 Å². The normalized spacial score (nSPS) is 10.9. The molecule has 4 aromatic rings. The molecule has 5 heteroatoms. The second kappa shape index (κ2) is 8.56. The first-order chi connectivity index (χ1) is 14.5. The third kappa shape index (κ3) is 4.44. The molecule has 0 spiro atoms. The average Bonchev–Trinajstić information content (AvgIpc) is 2.75. The lowest BCUT2D eigenvalue weighted by Crippen LogP contribution is -2.32. The van der Waals surface area contributed by atoms with Crippen LogP contribution in [-0.4, -0.2) is 15.8 Å². The van der Waals surface area contributed by atoms with Gasteiger partial charge < -0.3 is 9.88 Å². The number of H-pyrrole nitrogens is 1. The summed E-state index contributed by atoms with van der Waals surface area (Å²) in [6.07, 6.45) is 0. The van der Waals surface area contributed by atoms with Gasteiger partial charge in [0.05, 0.1) is 6.54 Å². The van der Waals surface area contributed by atoms with Crippen LogP contribution < -0.4 is 5.56 Å². The van der Waals surface area contributed by atoms with Crippen molar-refractivity contribution in [3.05, 3.63) is 116 Å². The first-order valence-electron chi connectivity index (χ1n) is 9.71. The van der Waals surface area contributed by atoms with Crippen LogP contribution in [0.4, 0.5) is 0 Å². The molecule has 1 N–H and O–H groups in total. The van der Waals surface area contributed by atoms with Crippen molar-refractivity contribution in [2.45, 2.75) is 20.0 Å². The standard InChI is InChI=1S/C25H21ClN2O2/c1-17-7-12-23-20(13-17)14-21(24(29)27-23)16-28(15-18-8-10-22(26)11-9-18)25(30)19-5-3-2-4-6-19/h2-14H,15-16H2,1H3,(H,27,29). The van der Waals surface area contributed by atoms with E-state index in [2.05, 4.69) is 4.98 Å². The number of pyridine rings is 1. The predicted octanol–water partition coefficient (Wildman–Crippen LogP) is 5.33. The van der Waals surface area contributed by atoms with Crippen molar-refractivity contribution in [1.29, 1.82) is 0 Å². The summed E-state index contributed by atoms with van der Waals surface area (Å²) in [5.41, 5.74) is 3.78. The maximum Gasteiger partial charge on any atom is 0.254 e. The van der Waals surface area contributed by atoms with Gasteiger partial charge in [-0.3, -0.25) is 9.59 Å². The molecular formula is C25H21ClN2O2. The van der Waals surface area contributed by atoms with E-state index < -0.39 is 0 Å². The molecule has 0 unspecified atom stereocenters. The Morgan fingerprint density at radius 3 is 2.40 bits per heavy atom. The number of amides is 1. The fourth-order valence-corrected chi connectivity index (χ4v) is 3.59. The molecule has 3 aromatic carbocycles. The van der Waals surface area contributed by atoms with E-state index in [-0.39, 0.29) is 18.0 Å². The molecule has 1 heterocycles. The van der Waals surface area contributed by atoms with Gasteiger partial charge in [-0.2, -0.15) is 0 Å². The Morgan fingerprint density at radius 1 is 0.933 bits per heavy atom. The zero-order valence-corrected chi connectivity index (χ0v) is 17.3. The second-order valence-corrected chi connectivity index (χ2v) is 7.80. The Bertz CT molecular complexity index is 1250. The third-order valence-corrected chi connectivity index (χ3v) is 5.28. The molecule has 4 rings (SSSR count). The number of rotatable bonds is 5. The highest BCUT2D eigenvalue weighted by Crippen LogP contribution is 2.18. The average molecular weight is 417 g/mol. The van der Waals surface area contributed by atoms with Crippen LogP contribution in [0.25, 0.3) is 10.9 Å². The lowest BCUT2D eigenvalue weighted by Gasteiger charge is -2.23. The molecule has 150 valence electrons. The number of nitrogens with one attached hydrogen (secondary N) is 1. The van der Waals surface area contributed by atoms with Crippen LogP contribution in [0.5, 0.6) is 0 Å². The van der Waals surface area contributed by atoms with Gasteiger partial charge in [-0.05, 0) is 60.3 Å². The molecule has 0 saturated carbocycles.